The van der Waals surface area contributed by atoms with Crippen LogP contribution in [0.15, 0.2) is 30.3 Å². The average Bonchev–Trinajstić information content (AvgIpc) is 2.93. The van der Waals surface area contributed by atoms with Gasteiger partial charge in [0.15, 0.2) is 5.41 Å². The molecule has 0 aromatic heterocycles. The summed E-state index contributed by atoms with van der Waals surface area (Å²) in [6.07, 6.45) is -4.34. The van der Waals surface area contributed by atoms with E-state index in [1.54, 1.807) is 11.8 Å². The molecule has 2 rings (SSSR count). The van der Waals surface area contributed by atoms with Crippen LogP contribution in [0.3, 0.4) is 0 Å². The molecule has 1 saturated heterocycles. The summed E-state index contributed by atoms with van der Waals surface area (Å²) in [6, 6.07) is 9.14. The molecule has 0 bridgehead atoms. The lowest BCUT2D eigenvalue weighted by atomic mass is 9.85. The molecule has 1 aromatic carbocycles. The number of carbonyl (C=O) groups is 1. The van der Waals surface area contributed by atoms with E-state index in [1.807, 2.05) is 30.3 Å². The Balaban J connectivity index is 2.05. The lowest BCUT2D eigenvalue weighted by molar-refractivity contribution is -0.218. The number of hydrogen-bond donors (Lipinski definition) is 2. The van der Waals surface area contributed by atoms with Gasteiger partial charge in [-0.3, -0.25) is 9.69 Å². The summed E-state index contributed by atoms with van der Waals surface area (Å²) in [4.78, 5) is 14.0. The van der Waals surface area contributed by atoms with E-state index in [0.717, 1.165) is 5.56 Å². The fourth-order valence-electron chi connectivity index (χ4n) is 2.99. The first-order valence-electron chi connectivity index (χ1n) is 8.11. The Morgan fingerprint density at radius 2 is 2.04 bits per heavy atom. The molecule has 24 heavy (non-hydrogen) atoms. The fraction of sp³-hybridized carbons (Fsp3) is 0.588. The van der Waals surface area contributed by atoms with E-state index >= 15 is 0 Å². The van der Waals surface area contributed by atoms with Crippen molar-refractivity contribution < 1.29 is 18.0 Å². The van der Waals surface area contributed by atoms with E-state index in [1.165, 1.54) is 0 Å². The van der Waals surface area contributed by atoms with Gasteiger partial charge in [0.2, 0.25) is 5.91 Å². The molecule has 1 aromatic rings. The van der Waals surface area contributed by atoms with E-state index in [9.17, 15) is 18.0 Å². The van der Waals surface area contributed by atoms with Crippen LogP contribution in [0.1, 0.15) is 25.3 Å². The largest absolute Gasteiger partial charge is 0.404 e. The summed E-state index contributed by atoms with van der Waals surface area (Å²) in [7, 11) is 0. The molecule has 1 aliphatic heterocycles. The van der Waals surface area contributed by atoms with Crippen molar-refractivity contribution in [3.8, 4) is 0 Å². The highest BCUT2D eigenvalue weighted by Gasteiger charge is 2.62. The molecule has 4 nitrogen and oxygen atoms in total. The van der Waals surface area contributed by atoms with E-state index in [4.69, 9.17) is 5.73 Å². The second-order valence-electron chi connectivity index (χ2n) is 6.55. The Hall–Kier alpha value is -1.60. The smallest absolute Gasteiger partial charge is 0.355 e. The molecule has 0 radical (unpaired) electrons. The van der Waals surface area contributed by atoms with Crippen molar-refractivity contribution in [2.45, 2.75) is 38.5 Å². The summed E-state index contributed by atoms with van der Waals surface area (Å²) < 4.78 is 41.0. The van der Waals surface area contributed by atoms with E-state index in [2.05, 4.69) is 5.32 Å². The van der Waals surface area contributed by atoms with Crippen molar-refractivity contribution in [1.29, 1.82) is 0 Å². The minimum Gasteiger partial charge on any atom is -0.355 e. The van der Waals surface area contributed by atoms with Gasteiger partial charge in [-0.2, -0.15) is 13.2 Å². The molecule has 2 unspecified atom stereocenters. The third-order valence-corrected chi connectivity index (χ3v) is 4.46. The Kier molecular flexibility index (Phi) is 5.87. The van der Waals surface area contributed by atoms with Crippen molar-refractivity contribution in [3.63, 3.8) is 0 Å². The molecular weight excluding hydrogens is 319 g/mol. The van der Waals surface area contributed by atoms with Crippen LogP contribution in [-0.4, -0.2) is 42.7 Å². The van der Waals surface area contributed by atoms with Crippen molar-refractivity contribution in [2.24, 2.45) is 11.1 Å². The second kappa shape index (κ2) is 7.53. The molecule has 1 heterocycles. The van der Waals surface area contributed by atoms with Gasteiger partial charge in [-0.1, -0.05) is 30.3 Å². The van der Waals surface area contributed by atoms with E-state index in [0.29, 0.717) is 13.0 Å². The Bertz CT molecular complexity index is 548. The molecular formula is C17H24F3N3O. The third-order valence-electron chi connectivity index (χ3n) is 4.46. The standard InChI is InChI=1S/C17H24F3N3O/c1-13(21)7-9-22-15(24)16(17(18,19)20)8-10-23(12-16)11-14-5-3-2-4-6-14/h2-6,13H,7-12,21H2,1H3,(H,22,24). The normalized spacial score (nSPS) is 23.2. The summed E-state index contributed by atoms with van der Waals surface area (Å²) in [6.45, 7) is 2.26. The Morgan fingerprint density at radius 3 is 2.62 bits per heavy atom. The zero-order valence-corrected chi connectivity index (χ0v) is 13.8. The number of amides is 1. The van der Waals surface area contributed by atoms with Crippen LogP contribution in [-0.2, 0) is 11.3 Å². The number of benzene rings is 1. The number of alkyl halides is 3. The van der Waals surface area contributed by atoms with Gasteiger partial charge in [0.25, 0.3) is 0 Å². The van der Waals surface area contributed by atoms with Crippen LogP contribution in [0.4, 0.5) is 13.2 Å². The number of carbonyl (C=O) groups excluding carboxylic acids is 1. The van der Waals surface area contributed by atoms with Gasteiger partial charge < -0.3 is 11.1 Å². The summed E-state index contributed by atoms with van der Waals surface area (Å²) in [5, 5.41) is 2.42. The number of hydrogen-bond acceptors (Lipinski definition) is 3. The number of nitrogens with zero attached hydrogens (tertiary/aromatic N) is 1. The molecule has 2 atom stereocenters. The minimum absolute atomic E-state index is 0.160. The van der Waals surface area contributed by atoms with E-state index < -0.39 is 17.5 Å². The first kappa shape index (κ1) is 18.7. The van der Waals surface area contributed by atoms with Crippen LogP contribution >= 0.6 is 0 Å². The SMILES string of the molecule is CC(N)CCNC(=O)C1(C(F)(F)F)CCN(Cc2ccccc2)C1. The maximum absolute atomic E-state index is 13.7. The lowest BCUT2D eigenvalue weighted by Crippen LogP contribution is -2.52. The van der Waals surface area contributed by atoms with Gasteiger partial charge >= 0.3 is 6.18 Å². The van der Waals surface area contributed by atoms with Crippen LogP contribution in [0.2, 0.25) is 0 Å². The maximum atomic E-state index is 13.7. The number of nitrogens with one attached hydrogen (secondary N) is 1. The Morgan fingerprint density at radius 1 is 1.38 bits per heavy atom. The summed E-state index contributed by atoms with van der Waals surface area (Å²) >= 11 is 0. The van der Waals surface area contributed by atoms with Crippen molar-refractivity contribution >= 4 is 5.91 Å². The van der Waals surface area contributed by atoms with Gasteiger partial charge in [0.1, 0.15) is 0 Å². The predicted octanol–water partition coefficient (Wildman–Crippen LogP) is 2.29. The first-order valence-corrected chi connectivity index (χ1v) is 8.11. The highest BCUT2D eigenvalue weighted by molar-refractivity contribution is 5.84. The molecule has 1 fully saturated rings. The zero-order chi connectivity index (χ0) is 17.8. The molecule has 0 aliphatic carbocycles. The molecule has 3 N–H and O–H groups in total. The maximum Gasteiger partial charge on any atom is 0.404 e. The topological polar surface area (TPSA) is 58.4 Å². The molecule has 1 amide bonds. The van der Waals surface area contributed by atoms with Gasteiger partial charge in [0.05, 0.1) is 0 Å². The van der Waals surface area contributed by atoms with E-state index in [-0.39, 0.29) is 32.1 Å². The van der Waals surface area contributed by atoms with Crippen LogP contribution < -0.4 is 11.1 Å². The zero-order valence-electron chi connectivity index (χ0n) is 13.8. The molecule has 7 heteroatoms. The number of rotatable bonds is 6. The van der Waals surface area contributed by atoms with Gasteiger partial charge in [-0.15, -0.1) is 0 Å². The Labute approximate surface area is 140 Å². The molecule has 0 saturated carbocycles. The molecule has 134 valence electrons. The fourth-order valence-corrected chi connectivity index (χ4v) is 2.99. The monoisotopic (exact) mass is 343 g/mol. The molecule has 0 spiro atoms. The van der Waals surface area contributed by atoms with Gasteiger partial charge in [0, 0.05) is 25.7 Å². The average molecular weight is 343 g/mol. The second-order valence-corrected chi connectivity index (χ2v) is 6.55. The number of likely N-dealkylation sites (tertiary alicyclic amines) is 1. The van der Waals surface area contributed by atoms with Gasteiger partial charge in [-0.05, 0) is 31.9 Å². The van der Waals surface area contributed by atoms with Crippen LogP contribution in [0, 0.1) is 5.41 Å². The van der Waals surface area contributed by atoms with Crippen LogP contribution in [0.25, 0.3) is 0 Å². The van der Waals surface area contributed by atoms with Gasteiger partial charge in [-0.25, -0.2) is 0 Å². The summed E-state index contributed by atoms with van der Waals surface area (Å²) in [5.41, 5.74) is 4.18. The lowest BCUT2D eigenvalue weighted by Gasteiger charge is -2.30. The van der Waals surface area contributed by atoms with Crippen molar-refractivity contribution in [1.82, 2.24) is 10.2 Å². The minimum atomic E-state index is -4.57. The van der Waals surface area contributed by atoms with Crippen molar-refractivity contribution in [3.05, 3.63) is 35.9 Å². The molecule has 1 aliphatic rings. The van der Waals surface area contributed by atoms with Crippen LogP contribution in [0.5, 0.6) is 0 Å². The van der Waals surface area contributed by atoms with Crippen molar-refractivity contribution in [2.75, 3.05) is 19.6 Å². The summed E-state index contributed by atoms with van der Waals surface area (Å²) in [5.74, 6) is -0.939. The number of nitrogens with two attached hydrogens (primary N) is 1. The highest BCUT2D eigenvalue weighted by Crippen LogP contribution is 2.46. The first-order chi connectivity index (χ1) is 11.2. The number of halogens is 3. The highest BCUT2D eigenvalue weighted by atomic mass is 19.4. The predicted molar refractivity (Wildman–Crippen MR) is 86.1 cm³/mol. The third kappa shape index (κ3) is 4.27. The quantitative estimate of drug-likeness (QED) is 0.833.